The predicted octanol–water partition coefficient (Wildman–Crippen LogP) is 5.07. The number of rotatable bonds is 3. The summed E-state index contributed by atoms with van der Waals surface area (Å²) in [5.41, 5.74) is 0.633. The molecule has 1 aromatic rings. The minimum atomic E-state index is -0.192. The summed E-state index contributed by atoms with van der Waals surface area (Å²) in [4.78, 5) is 12.3. The van der Waals surface area contributed by atoms with E-state index in [2.05, 4.69) is 36.7 Å². The highest BCUT2D eigenvalue weighted by molar-refractivity contribution is 9.10. The van der Waals surface area contributed by atoms with E-state index in [-0.39, 0.29) is 12.1 Å². The van der Waals surface area contributed by atoms with Gasteiger partial charge in [-0.2, -0.15) is 0 Å². The first-order valence-electron chi connectivity index (χ1n) is 7.44. The molecule has 3 heteroatoms. The lowest BCUT2D eigenvalue weighted by Crippen LogP contribution is -2.35. The number of benzene rings is 1. The van der Waals surface area contributed by atoms with Gasteiger partial charge in [0.1, 0.15) is 6.10 Å². The zero-order valence-electron chi connectivity index (χ0n) is 12.4. The van der Waals surface area contributed by atoms with Gasteiger partial charge in [0.15, 0.2) is 0 Å². The highest BCUT2D eigenvalue weighted by atomic mass is 79.9. The summed E-state index contributed by atoms with van der Waals surface area (Å²) in [5, 5.41) is 0. The summed E-state index contributed by atoms with van der Waals surface area (Å²) in [6.45, 7) is 6.69. The Balaban J connectivity index is 2.05. The van der Waals surface area contributed by atoms with E-state index in [9.17, 15) is 4.79 Å². The molecule has 0 bridgehead atoms. The van der Waals surface area contributed by atoms with Crippen LogP contribution in [0.25, 0.3) is 0 Å². The molecular formula is C17H23BrO2. The summed E-state index contributed by atoms with van der Waals surface area (Å²) in [5.74, 6) is 1.51. The molecule has 0 N–H and O–H groups in total. The third-order valence-electron chi connectivity index (χ3n) is 4.30. The van der Waals surface area contributed by atoms with Crippen molar-refractivity contribution in [1.82, 2.24) is 0 Å². The Labute approximate surface area is 130 Å². The normalized spacial score (nSPS) is 26.6. The van der Waals surface area contributed by atoms with Crippen LogP contribution in [-0.2, 0) is 4.74 Å². The smallest absolute Gasteiger partial charge is 0.338 e. The molecule has 1 aliphatic carbocycles. The van der Waals surface area contributed by atoms with Crippen LogP contribution in [0.15, 0.2) is 28.7 Å². The van der Waals surface area contributed by atoms with Crippen molar-refractivity contribution in [2.24, 2.45) is 17.8 Å². The Bertz CT molecular complexity index is 453. The fourth-order valence-electron chi connectivity index (χ4n) is 3.04. The molecule has 0 amide bonds. The van der Waals surface area contributed by atoms with Crippen LogP contribution in [0.5, 0.6) is 0 Å². The third-order valence-corrected chi connectivity index (χ3v) is 4.83. The van der Waals surface area contributed by atoms with Crippen LogP contribution in [-0.4, -0.2) is 12.1 Å². The lowest BCUT2D eigenvalue weighted by atomic mass is 9.75. The average Bonchev–Trinajstić information content (AvgIpc) is 2.39. The maximum Gasteiger partial charge on any atom is 0.338 e. The maximum absolute atomic E-state index is 12.3. The SMILES string of the molecule is CC1CCC(C(C)C)C(OC(=O)c2ccc(Br)cc2)C1. The van der Waals surface area contributed by atoms with Crippen LogP contribution >= 0.6 is 15.9 Å². The minimum Gasteiger partial charge on any atom is -0.458 e. The monoisotopic (exact) mass is 338 g/mol. The van der Waals surface area contributed by atoms with Gasteiger partial charge in [0, 0.05) is 4.47 Å². The highest BCUT2D eigenvalue weighted by Gasteiger charge is 2.33. The molecule has 2 rings (SSSR count). The molecule has 20 heavy (non-hydrogen) atoms. The summed E-state index contributed by atoms with van der Waals surface area (Å²) in [6, 6.07) is 7.37. The molecule has 0 spiro atoms. The van der Waals surface area contributed by atoms with Crippen molar-refractivity contribution >= 4 is 21.9 Å². The molecule has 0 aromatic heterocycles. The number of hydrogen-bond acceptors (Lipinski definition) is 2. The maximum atomic E-state index is 12.3. The fourth-order valence-corrected chi connectivity index (χ4v) is 3.31. The standard InChI is InChI=1S/C17H23BrO2/c1-11(2)15-9-4-12(3)10-16(15)20-17(19)13-5-7-14(18)8-6-13/h5-8,11-12,15-16H,4,9-10H2,1-3H3. The van der Waals surface area contributed by atoms with E-state index in [4.69, 9.17) is 4.74 Å². The van der Waals surface area contributed by atoms with Gasteiger partial charge in [-0.3, -0.25) is 0 Å². The summed E-state index contributed by atoms with van der Waals surface area (Å²) in [7, 11) is 0. The van der Waals surface area contributed by atoms with Gasteiger partial charge in [-0.1, -0.05) is 43.1 Å². The summed E-state index contributed by atoms with van der Waals surface area (Å²) in [6.07, 6.45) is 3.46. The predicted molar refractivity (Wildman–Crippen MR) is 84.7 cm³/mol. The number of halogens is 1. The first-order chi connectivity index (χ1) is 9.47. The number of esters is 1. The molecule has 2 nitrogen and oxygen atoms in total. The minimum absolute atomic E-state index is 0.0647. The molecule has 1 aromatic carbocycles. The van der Waals surface area contributed by atoms with Crippen molar-refractivity contribution in [3.8, 4) is 0 Å². The van der Waals surface area contributed by atoms with Gasteiger partial charge in [-0.25, -0.2) is 4.79 Å². The third kappa shape index (κ3) is 3.85. The number of hydrogen-bond donors (Lipinski definition) is 0. The number of ether oxygens (including phenoxy) is 1. The average molecular weight is 339 g/mol. The Morgan fingerprint density at radius 3 is 2.50 bits per heavy atom. The Hall–Kier alpha value is -0.830. The van der Waals surface area contributed by atoms with Gasteiger partial charge in [0.2, 0.25) is 0 Å². The van der Waals surface area contributed by atoms with E-state index in [1.165, 1.54) is 6.42 Å². The molecule has 3 atom stereocenters. The molecule has 0 saturated heterocycles. The van der Waals surface area contributed by atoms with Crippen LogP contribution in [0, 0.1) is 17.8 Å². The van der Waals surface area contributed by atoms with E-state index in [1.54, 1.807) is 0 Å². The second-order valence-corrected chi connectivity index (χ2v) is 7.19. The molecule has 0 radical (unpaired) electrons. The van der Waals surface area contributed by atoms with Crippen LogP contribution in [0.1, 0.15) is 50.4 Å². The molecule has 1 saturated carbocycles. The van der Waals surface area contributed by atoms with E-state index >= 15 is 0 Å². The van der Waals surface area contributed by atoms with E-state index in [0.717, 1.165) is 17.3 Å². The van der Waals surface area contributed by atoms with Crippen molar-refractivity contribution in [3.63, 3.8) is 0 Å². The topological polar surface area (TPSA) is 26.3 Å². The largest absolute Gasteiger partial charge is 0.458 e. The van der Waals surface area contributed by atoms with E-state index < -0.39 is 0 Å². The lowest BCUT2D eigenvalue weighted by Gasteiger charge is -2.36. The first kappa shape index (κ1) is 15.6. The van der Waals surface area contributed by atoms with Crippen LogP contribution in [0.2, 0.25) is 0 Å². The lowest BCUT2D eigenvalue weighted by molar-refractivity contribution is -0.0174. The van der Waals surface area contributed by atoms with Gasteiger partial charge in [0.25, 0.3) is 0 Å². The van der Waals surface area contributed by atoms with Gasteiger partial charge in [-0.05, 0) is 54.9 Å². The molecule has 110 valence electrons. The first-order valence-corrected chi connectivity index (χ1v) is 8.23. The summed E-state index contributed by atoms with van der Waals surface area (Å²) < 4.78 is 6.78. The zero-order valence-corrected chi connectivity index (χ0v) is 14.0. The van der Waals surface area contributed by atoms with Crippen LogP contribution in [0.3, 0.4) is 0 Å². The Morgan fingerprint density at radius 1 is 1.25 bits per heavy atom. The van der Waals surface area contributed by atoms with Gasteiger partial charge in [-0.15, -0.1) is 0 Å². The van der Waals surface area contributed by atoms with Gasteiger partial charge < -0.3 is 4.74 Å². The number of carbonyl (C=O) groups is 1. The molecule has 0 aliphatic heterocycles. The molecule has 1 fully saturated rings. The van der Waals surface area contributed by atoms with Crippen molar-refractivity contribution in [2.75, 3.05) is 0 Å². The summed E-state index contributed by atoms with van der Waals surface area (Å²) >= 11 is 3.38. The highest BCUT2D eigenvalue weighted by Crippen LogP contribution is 2.35. The quantitative estimate of drug-likeness (QED) is 0.719. The molecule has 1 aliphatic rings. The van der Waals surface area contributed by atoms with Crippen molar-refractivity contribution < 1.29 is 9.53 Å². The zero-order chi connectivity index (χ0) is 14.7. The van der Waals surface area contributed by atoms with Gasteiger partial charge >= 0.3 is 5.97 Å². The van der Waals surface area contributed by atoms with E-state index in [1.807, 2.05) is 24.3 Å². The second-order valence-electron chi connectivity index (χ2n) is 6.28. The van der Waals surface area contributed by atoms with Crippen LogP contribution in [0.4, 0.5) is 0 Å². The van der Waals surface area contributed by atoms with Crippen LogP contribution < -0.4 is 0 Å². The molecule has 3 unspecified atom stereocenters. The van der Waals surface area contributed by atoms with Gasteiger partial charge in [0.05, 0.1) is 5.56 Å². The second kappa shape index (κ2) is 6.75. The van der Waals surface area contributed by atoms with E-state index in [0.29, 0.717) is 23.3 Å². The Kier molecular flexibility index (Phi) is 5.25. The molecule has 0 heterocycles. The Morgan fingerprint density at radius 2 is 1.90 bits per heavy atom. The molecular weight excluding hydrogens is 316 g/mol. The number of carbonyl (C=O) groups excluding carboxylic acids is 1. The van der Waals surface area contributed by atoms with Crippen molar-refractivity contribution in [1.29, 1.82) is 0 Å². The fraction of sp³-hybridized carbons (Fsp3) is 0.588. The van der Waals surface area contributed by atoms with Crippen molar-refractivity contribution in [2.45, 2.75) is 46.1 Å². The van der Waals surface area contributed by atoms with Crippen molar-refractivity contribution in [3.05, 3.63) is 34.3 Å².